The van der Waals surface area contributed by atoms with Crippen LogP contribution in [0.4, 0.5) is 0 Å². The van der Waals surface area contributed by atoms with Crippen molar-refractivity contribution in [3.05, 3.63) is 88.7 Å². The van der Waals surface area contributed by atoms with Crippen molar-refractivity contribution in [3.8, 4) is 11.5 Å². The summed E-state index contributed by atoms with van der Waals surface area (Å²) in [4.78, 5) is 26.1. The lowest BCUT2D eigenvalue weighted by Crippen LogP contribution is -2.11. The predicted molar refractivity (Wildman–Crippen MR) is 120 cm³/mol. The summed E-state index contributed by atoms with van der Waals surface area (Å²) in [6.07, 6.45) is 0. The maximum atomic E-state index is 13.1. The Morgan fingerprint density at radius 1 is 0.607 bits per heavy atom. The summed E-state index contributed by atoms with van der Waals surface area (Å²) in [6, 6.07) is 12.5. The zero-order chi connectivity index (χ0) is 20.6. The van der Waals surface area contributed by atoms with Gasteiger partial charge in [0.15, 0.2) is 11.6 Å². The second-order valence-corrected chi connectivity index (χ2v) is 9.20. The first-order valence-electron chi connectivity index (χ1n) is 7.75. The van der Waals surface area contributed by atoms with Crippen molar-refractivity contribution >= 4 is 75.3 Å². The topological polar surface area (TPSA) is 74.6 Å². The molecule has 0 saturated heterocycles. The quantitative estimate of drug-likeness (QED) is 0.317. The van der Waals surface area contributed by atoms with Crippen LogP contribution in [0.2, 0.25) is 0 Å². The largest absolute Gasteiger partial charge is 0.506 e. The summed E-state index contributed by atoms with van der Waals surface area (Å²) in [7, 11) is 0. The molecular weight excluding hydrogens is 624 g/mol. The summed E-state index contributed by atoms with van der Waals surface area (Å²) in [5.41, 5.74) is 1.09. The summed E-state index contributed by atoms with van der Waals surface area (Å²) in [5, 5.41) is 19.7. The van der Waals surface area contributed by atoms with Crippen LogP contribution in [0.1, 0.15) is 31.8 Å². The van der Waals surface area contributed by atoms with Gasteiger partial charge in [0.05, 0.1) is 17.9 Å². The van der Waals surface area contributed by atoms with Crippen LogP contribution in [0.3, 0.4) is 0 Å². The fraction of sp³-hybridized carbons (Fsp3) is 0. The number of halogens is 4. The van der Waals surface area contributed by atoms with Gasteiger partial charge in [-0.1, -0.05) is 24.3 Å². The molecule has 0 spiro atoms. The Kier molecular flexibility index (Phi) is 6.44. The van der Waals surface area contributed by atoms with Crippen molar-refractivity contribution in [2.24, 2.45) is 0 Å². The molecule has 0 aromatic heterocycles. The summed E-state index contributed by atoms with van der Waals surface area (Å²) in [6.45, 7) is 0. The minimum atomic E-state index is -0.359. The highest BCUT2D eigenvalue weighted by Gasteiger charge is 2.22. The van der Waals surface area contributed by atoms with Crippen LogP contribution in [0.5, 0.6) is 11.5 Å². The van der Waals surface area contributed by atoms with Crippen LogP contribution in [0.15, 0.2) is 66.4 Å². The van der Waals surface area contributed by atoms with E-state index in [0.717, 1.165) is 0 Å². The number of carbonyl (C=O) groups is 2. The molecule has 0 amide bonds. The van der Waals surface area contributed by atoms with E-state index in [1.807, 2.05) is 0 Å². The van der Waals surface area contributed by atoms with E-state index in [4.69, 9.17) is 0 Å². The van der Waals surface area contributed by atoms with Gasteiger partial charge in [-0.3, -0.25) is 9.59 Å². The highest BCUT2D eigenvalue weighted by atomic mass is 79.9. The van der Waals surface area contributed by atoms with E-state index < -0.39 is 0 Å². The number of hydrogen-bond donors (Lipinski definition) is 2. The average molecular weight is 634 g/mol. The molecule has 0 saturated carbocycles. The Morgan fingerprint density at radius 3 is 1.18 bits per heavy atom. The molecule has 8 heteroatoms. The van der Waals surface area contributed by atoms with Gasteiger partial charge in [0.25, 0.3) is 0 Å². The molecule has 3 aromatic rings. The normalized spacial score (nSPS) is 10.7. The van der Waals surface area contributed by atoms with Crippen molar-refractivity contribution in [1.29, 1.82) is 0 Å². The van der Waals surface area contributed by atoms with E-state index in [0.29, 0.717) is 29.0 Å². The zero-order valence-electron chi connectivity index (χ0n) is 13.8. The minimum absolute atomic E-state index is 0.0142. The van der Waals surface area contributed by atoms with Gasteiger partial charge in [-0.25, -0.2) is 0 Å². The van der Waals surface area contributed by atoms with E-state index in [2.05, 4.69) is 63.7 Å². The number of hydrogen-bond acceptors (Lipinski definition) is 4. The molecule has 0 atom stereocenters. The highest BCUT2D eigenvalue weighted by Crippen LogP contribution is 2.36. The highest BCUT2D eigenvalue weighted by molar-refractivity contribution is 9.11. The molecule has 0 heterocycles. The molecule has 0 fully saturated rings. The molecule has 28 heavy (non-hydrogen) atoms. The fourth-order valence-corrected chi connectivity index (χ4v) is 4.96. The third-order valence-corrected chi connectivity index (χ3v) is 6.39. The van der Waals surface area contributed by atoms with E-state index >= 15 is 0 Å². The van der Waals surface area contributed by atoms with E-state index in [1.165, 1.54) is 24.3 Å². The Hall–Kier alpha value is -1.48. The second kappa shape index (κ2) is 8.49. The van der Waals surface area contributed by atoms with Crippen LogP contribution in [0, 0.1) is 0 Å². The van der Waals surface area contributed by atoms with Gasteiger partial charge in [0.1, 0.15) is 11.5 Å². The van der Waals surface area contributed by atoms with Crippen LogP contribution >= 0.6 is 63.7 Å². The Balaban J connectivity index is 2.09. The molecule has 0 bridgehead atoms. The van der Waals surface area contributed by atoms with Gasteiger partial charge in [0.2, 0.25) is 0 Å². The number of carbonyl (C=O) groups excluding carboxylic acids is 2. The Morgan fingerprint density at radius 2 is 0.893 bits per heavy atom. The number of phenolic OH excluding ortho intramolecular Hbond substituents is 2. The Labute approximate surface area is 194 Å². The standard InChI is InChI=1S/C20H10Br4O4/c21-13-5-9(6-14(22)19(13)27)17(25)11-3-1-2-4-12(11)18(26)10-7-15(23)20(28)16(24)8-10/h1-8,27-28H. The number of ketones is 2. The fourth-order valence-electron chi connectivity index (χ4n) is 2.58. The van der Waals surface area contributed by atoms with Crippen LogP contribution in [0.25, 0.3) is 0 Å². The molecule has 142 valence electrons. The third-order valence-electron chi connectivity index (χ3n) is 3.97. The smallest absolute Gasteiger partial charge is 0.193 e. The molecule has 2 N–H and O–H groups in total. The van der Waals surface area contributed by atoms with Gasteiger partial charge in [-0.15, -0.1) is 0 Å². The number of rotatable bonds is 4. The average Bonchev–Trinajstić information content (AvgIpc) is 2.68. The predicted octanol–water partition coefficient (Wildman–Crippen LogP) is 6.61. The number of benzene rings is 3. The molecule has 3 aromatic carbocycles. The van der Waals surface area contributed by atoms with Crippen LogP contribution in [-0.2, 0) is 0 Å². The first-order valence-corrected chi connectivity index (χ1v) is 10.9. The number of phenols is 2. The minimum Gasteiger partial charge on any atom is -0.506 e. The second-order valence-electron chi connectivity index (χ2n) is 5.78. The lowest BCUT2D eigenvalue weighted by molar-refractivity contribution is 0.100. The number of aromatic hydroxyl groups is 2. The van der Waals surface area contributed by atoms with Gasteiger partial charge >= 0.3 is 0 Å². The van der Waals surface area contributed by atoms with Gasteiger partial charge in [-0.2, -0.15) is 0 Å². The summed E-state index contributed by atoms with van der Waals surface area (Å²) in [5.74, 6) is -0.746. The monoisotopic (exact) mass is 630 g/mol. The maximum absolute atomic E-state index is 13.1. The maximum Gasteiger partial charge on any atom is 0.193 e. The van der Waals surface area contributed by atoms with E-state index in [-0.39, 0.29) is 34.2 Å². The lowest BCUT2D eigenvalue weighted by Gasteiger charge is -2.11. The molecule has 0 aliphatic heterocycles. The van der Waals surface area contributed by atoms with Gasteiger partial charge in [0, 0.05) is 22.3 Å². The summed E-state index contributed by atoms with van der Waals surface area (Å²) >= 11 is 12.8. The molecule has 0 aliphatic carbocycles. The van der Waals surface area contributed by atoms with Gasteiger partial charge < -0.3 is 10.2 Å². The van der Waals surface area contributed by atoms with Crippen LogP contribution in [-0.4, -0.2) is 21.8 Å². The molecular formula is C20H10Br4O4. The van der Waals surface area contributed by atoms with Crippen molar-refractivity contribution in [3.63, 3.8) is 0 Å². The molecule has 3 rings (SSSR count). The zero-order valence-corrected chi connectivity index (χ0v) is 20.2. The first kappa shape index (κ1) is 21.2. The lowest BCUT2D eigenvalue weighted by atomic mass is 9.93. The van der Waals surface area contributed by atoms with Crippen molar-refractivity contribution in [2.75, 3.05) is 0 Å². The molecule has 0 aliphatic rings. The summed E-state index contributed by atoms with van der Waals surface area (Å²) < 4.78 is 1.45. The Bertz CT molecular complexity index is 990. The first-order chi connectivity index (χ1) is 13.2. The third kappa shape index (κ3) is 4.10. The van der Waals surface area contributed by atoms with E-state index in [9.17, 15) is 19.8 Å². The van der Waals surface area contributed by atoms with Crippen molar-refractivity contribution in [2.45, 2.75) is 0 Å². The molecule has 0 unspecified atom stereocenters. The van der Waals surface area contributed by atoms with Crippen molar-refractivity contribution < 1.29 is 19.8 Å². The SMILES string of the molecule is O=C(c1cc(Br)c(O)c(Br)c1)c1ccccc1C(=O)c1cc(Br)c(O)c(Br)c1. The van der Waals surface area contributed by atoms with Gasteiger partial charge in [-0.05, 0) is 88.0 Å². The molecule has 0 radical (unpaired) electrons. The van der Waals surface area contributed by atoms with E-state index in [1.54, 1.807) is 24.3 Å². The van der Waals surface area contributed by atoms with Crippen molar-refractivity contribution in [1.82, 2.24) is 0 Å². The molecule has 4 nitrogen and oxygen atoms in total. The van der Waals surface area contributed by atoms with Crippen LogP contribution < -0.4 is 0 Å².